The molecular weight excluding hydrogens is 110 g/mol. The molecule has 0 bridgehead atoms. The molecule has 2 atom stereocenters. The Balaban J connectivity index is 2.13. The number of allylic oxidation sites excluding steroid dienone is 3. The van der Waals surface area contributed by atoms with E-state index in [1.54, 1.807) is 0 Å². The van der Waals surface area contributed by atoms with Crippen LogP contribution in [0.2, 0.25) is 0 Å². The van der Waals surface area contributed by atoms with Gasteiger partial charge >= 0.3 is 0 Å². The molecular formula is C8H11N. The first-order chi connectivity index (χ1) is 4.42. The molecule has 9 heavy (non-hydrogen) atoms. The van der Waals surface area contributed by atoms with Gasteiger partial charge in [0.2, 0.25) is 0 Å². The first-order valence-electron chi connectivity index (χ1n) is 3.49. The molecule has 1 heteroatoms. The molecule has 0 saturated heterocycles. The molecule has 2 N–H and O–H groups in total. The highest BCUT2D eigenvalue weighted by Crippen LogP contribution is 2.40. The van der Waals surface area contributed by atoms with E-state index in [9.17, 15) is 0 Å². The van der Waals surface area contributed by atoms with E-state index in [0.717, 1.165) is 18.4 Å². The summed E-state index contributed by atoms with van der Waals surface area (Å²) in [6.45, 7) is 0.767. The van der Waals surface area contributed by atoms with Crippen molar-refractivity contribution in [2.24, 2.45) is 17.6 Å². The van der Waals surface area contributed by atoms with Crippen LogP contribution in [0.1, 0.15) is 6.42 Å². The quantitative estimate of drug-likeness (QED) is 0.516. The van der Waals surface area contributed by atoms with Crippen LogP contribution >= 0.6 is 0 Å². The highest BCUT2D eigenvalue weighted by Gasteiger charge is 2.31. The van der Waals surface area contributed by atoms with E-state index in [0.29, 0.717) is 0 Å². The monoisotopic (exact) mass is 121 g/mol. The maximum atomic E-state index is 5.49. The van der Waals surface area contributed by atoms with Crippen LogP contribution in [0.4, 0.5) is 0 Å². The second-order valence-electron chi connectivity index (χ2n) is 2.79. The molecule has 1 nitrogen and oxygen atoms in total. The molecule has 0 aliphatic heterocycles. The van der Waals surface area contributed by atoms with Crippen LogP contribution in [0.25, 0.3) is 0 Å². The number of hydrogen-bond donors (Lipinski definition) is 1. The fourth-order valence-corrected chi connectivity index (χ4v) is 1.72. The second-order valence-corrected chi connectivity index (χ2v) is 2.79. The molecule has 2 aliphatic carbocycles. The lowest BCUT2D eigenvalue weighted by Gasteiger charge is -2.29. The van der Waals surface area contributed by atoms with Crippen LogP contribution in [0.3, 0.4) is 0 Å². The van der Waals surface area contributed by atoms with Gasteiger partial charge < -0.3 is 5.73 Å². The van der Waals surface area contributed by atoms with Crippen molar-refractivity contribution in [3.8, 4) is 0 Å². The molecule has 0 aromatic carbocycles. The van der Waals surface area contributed by atoms with Crippen molar-refractivity contribution in [2.45, 2.75) is 6.42 Å². The van der Waals surface area contributed by atoms with Gasteiger partial charge in [-0.15, -0.1) is 0 Å². The number of fused-ring (bicyclic) bond motifs is 1. The average molecular weight is 121 g/mol. The number of rotatable bonds is 1. The van der Waals surface area contributed by atoms with Crippen LogP contribution in [0.5, 0.6) is 0 Å². The SMILES string of the molecule is NCC1=C[C@@H]2C=CC[C@H]12. The molecule has 0 aromatic heterocycles. The standard InChI is InChI=1S/C8H11N/c9-5-7-4-6-2-1-3-8(6)7/h1-2,4,6,8H,3,5,9H2/t6-,8-/m0/s1. The van der Waals surface area contributed by atoms with Gasteiger partial charge in [0.05, 0.1) is 0 Å². The molecule has 0 fully saturated rings. The molecule has 0 spiro atoms. The Morgan fingerprint density at radius 2 is 2.56 bits per heavy atom. The summed E-state index contributed by atoms with van der Waals surface area (Å²) >= 11 is 0. The topological polar surface area (TPSA) is 26.0 Å². The van der Waals surface area contributed by atoms with Gasteiger partial charge in [-0.3, -0.25) is 0 Å². The predicted molar refractivity (Wildman–Crippen MR) is 37.9 cm³/mol. The van der Waals surface area contributed by atoms with Crippen molar-refractivity contribution < 1.29 is 0 Å². The zero-order valence-electron chi connectivity index (χ0n) is 5.38. The van der Waals surface area contributed by atoms with Gasteiger partial charge in [0.15, 0.2) is 0 Å². The highest BCUT2D eigenvalue weighted by molar-refractivity contribution is 5.32. The first-order valence-corrected chi connectivity index (χ1v) is 3.49. The molecule has 48 valence electrons. The van der Waals surface area contributed by atoms with Crippen LogP contribution in [0.15, 0.2) is 23.8 Å². The Morgan fingerprint density at radius 3 is 3.22 bits per heavy atom. The van der Waals surface area contributed by atoms with E-state index in [2.05, 4.69) is 18.2 Å². The molecule has 2 aliphatic rings. The first kappa shape index (κ1) is 5.24. The number of nitrogens with two attached hydrogens (primary N) is 1. The van der Waals surface area contributed by atoms with Gasteiger partial charge in [-0.25, -0.2) is 0 Å². The molecule has 0 saturated carbocycles. The Morgan fingerprint density at radius 1 is 1.67 bits per heavy atom. The van der Waals surface area contributed by atoms with Gasteiger partial charge in [-0.2, -0.15) is 0 Å². The summed E-state index contributed by atoms with van der Waals surface area (Å²) in [6.07, 6.45) is 8.06. The van der Waals surface area contributed by atoms with Gasteiger partial charge in [0.1, 0.15) is 0 Å². The van der Waals surface area contributed by atoms with Gasteiger partial charge in [-0.05, 0) is 12.3 Å². The molecule has 0 radical (unpaired) electrons. The fourth-order valence-electron chi connectivity index (χ4n) is 1.72. The normalized spacial score (nSPS) is 37.7. The Kier molecular flexibility index (Phi) is 0.995. The van der Waals surface area contributed by atoms with Crippen LogP contribution < -0.4 is 5.73 Å². The fraction of sp³-hybridized carbons (Fsp3) is 0.500. The second kappa shape index (κ2) is 1.71. The summed E-state index contributed by atoms with van der Waals surface area (Å²) in [5, 5.41) is 0. The molecule has 0 heterocycles. The van der Waals surface area contributed by atoms with Crippen molar-refractivity contribution in [3.63, 3.8) is 0 Å². The average Bonchev–Trinajstić information content (AvgIpc) is 2.14. The van der Waals surface area contributed by atoms with Gasteiger partial charge in [0.25, 0.3) is 0 Å². The maximum Gasteiger partial charge on any atom is 0.0140 e. The lowest BCUT2D eigenvalue weighted by Crippen LogP contribution is -2.25. The van der Waals surface area contributed by atoms with Crippen LogP contribution in [-0.4, -0.2) is 6.54 Å². The Labute approximate surface area is 55.2 Å². The largest absolute Gasteiger partial charge is 0.327 e. The van der Waals surface area contributed by atoms with E-state index in [1.165, 1.54) is 12.0 Å². The zero-order chi connectivity index (χ0) is 6.27. The van der Waals surface area contributed by atoms with Crippen LogP contribution in [-0.2, 0) is 0 Å². The smallest absolute Gasteiger partial charge is 0.0140 e. The van der Waals surface area contributed by atoms with Crippen molar-refractivity contribution in [1.82, 2.24) is 0 Å². The lowest BCUT2D eigenvalue weighted by molar-refractivity contribution is 0.492. The minimum absolute atomic E-state index is 0.753. The molecule has 0 unspecified atom stereocenters. The van der Waals surface area contributed by atoms with Crippen molar-refractivity contribution in [1.29, 1.82) is 0 Å². The molecule has 0 aromatic rings. The van der Waals surface area contributed by atoms with Crippen LogP contribution in [0, 0.1) is 11.8 Å². The van der Waals surface area contributed by atoms with Gasteiger partial charge in [-0.1, -0.05) is 23.8 Å². The predicted octanol–water partition coefficient (Wildman–Crippen LogP) is 1.08. The van der Waals surface area contributed by atoms with Crippen molar-refractivity contribution in [2.75, 3.05) is 6.54 Å². The van der Waals surface area contributed by atoms with E-state index < -0.39 is 0 Å². The third-order valence-corrected chi connectivity index (χ3v) is 2.33. The summed E-state index contributed by atoms with van der Waals surface area (Å²) in [5.41, 5.74) is 6.96. The minimum Gasteiger partial charge on any atom is -0.327 e. The third-order valence-electron chi connectivity index (χ3n) is 2.33. The summed E-state index contributed by atoms with van der Waals surface area (Å²) in [7, 11) is 0. The van der Waals surface area contributed by atoms with E-state index in [1.807, 2.05) is 0 Å². The minimum atomic E-state index is 0.753. The summed E-state index contributed by atoms with van der Waals surface area (Å²) < 4.78 is 0. The summed E-state index contributed by atoms with van der Waals surface area (Å²) in [6, 6.07) is 0. The van der Waals surface area contributed by atoms with Crippen molar-refractivity contribution in [3.05, 3.63) is 23.8 Å². The van der Waals surface area contributed by atoms with E-state index in [-0.39, 0.29) is 0 Å². The number of hydrogen-bond acceptors (Lipinski definition) is 1. The summed E-state index contributed by atoms with van der Waals surface area (Å²) in [5.74, 6) is 1.55. The van der Waals surface area contributed by atoms with Gasteiger partial charge in [0, 0.05) is 12.5 Å². The van der Waals surface area contributed by atoms with E-state index >= 15 is 0 Å². The molecule has 0 amide bonds. The van der Waals surface area contributed by atoms with Crippen molar-refractivity contribution >= 4 is 0 Å². The Hall–Kier alpha value is -0.560. The third kappa shape index (κ3) is 0.583. The van der Waals surface area contributed by atoms with E-state index in [4.69, 9.17) is 5.73 Å². The highest BCUT2D eigenvalue weighted by atomic mass is 14.6. The maximum absolute atomic E-state index is 5.49. The zero-order valence-corrected chi connectivity index (χ0v) is 5.38. The summed E-state index contributed by atoms with van der Waals surface area (Å²) in [4.78, 5) is 0. The lowest BCUT2D eigenvalue weighted by atomic mass is 9.77. The molecule has 2 rings (SSSR count). The Bertz CT molecular complexity index is 179.